The molecule has 0 radical (unpaired) electrons. The maximum atomic E-state index is 11.5. The lowest BCUT2D eigenvalue weighted by Gasteiger charge is -2.52. The van der Waals surface area contributed by atoms with E-state index in [1.165, 1.54) is 0 Å². The molecule has 1 unspecified atom stereocenters. The van der Waals surface area contributed by atoms with Crippen molar-refractivity contribution in [2.45, 2.75) is 51.9 Å². The summed E-state index contributed by atoms with van der Waals surface area (Å²) < 4.78 is 12.4. The lowest BCUT2D eigenvalue weighted by molar-refractivity contribution is -0.161. The second kappa shape index (κ2) is 10.0. The van der Waals surface area contributed by atoms with Crippen LogP contribution in [0.25, 0.3) is 0 Å². The lowest BCUT2D eigenvalue weighted by Crippen LogP contribution is -2.61. The quantitative estimate of drug-likeness (QED) is 0.522. The van der Waals surface area contributed by atoms with Crippen LogP contribution in [0.5, 0.6) is 5.75 Å². The topological polar surface area (TPSA) is 75.1 Å². The summed E-state index contributed by atoms with van der Waals surface area (Å²) in [4.78, 5) is 20.8. The van der Waals surface area contributed by atoms with Crippen LogP contribution in [0.15, 0.2) is 30.5 Å². The predicted octanol–water partition coefficient (Wildman–Crippen LogP) is 5.23. The zero-order chi connectivity index (χ0) is 25.6. The van der Waals surface area contributed by atoms with E-state index < -0.39 is 11.4 Å². The Morgan fingerprint density at radius 3 is 2.69 bits per heavy atom. The molecule has 36 heavy (non-hydrogen) atoms. The van der Waals surface area contributed by atoms with Gasteiger partial charge in [-0.15, -0.1) is 0 Å². The molecule has 9 heteroatoms. The number of halogens is 2. The number of aryl methyl sites for hydroxylation is 1. The Morgan fingerprint density at radius 1 is 1.25 bits per heavy atom. The van der Waals surface area contributed by atoms with Crippen LogP contribution < -0.4 is 9.64 Å². The fraction of sp³-hybridized carbons (Fsp3) is 0.556. The standard InChI is InChI=1S/C27H33Cl2N3O4/c1-16-12-30-25(9-23(16)36-17(2)21-5-4-19(28)8-22(21)29)32-13-18(14-32)24-15-31(6-7-35-24)20-10-27(3,11-20)26(33)34/h4-5,8-9,12,17-18,20,24H,6-7,10-11,13-15H2,1-3H3,(H,33,34)/t17-,20?,24?,27?/m1/s1. The highest BCUT2D eigenvalue weighted by atomic mass is 35.5. The van der Waals surface area contributed by atoms with E-state index >= 15 is 0 Å². The molecule has 2 atom stereocenters. The van der Waals surface area contributed by atoms with Gasteiger partial charge in [0.2, 0.25) is 0 Å². The molecule has 0 bridgehead atoms. The molecule has 3 aliphatic rings. The number of hydrogen-bond acceptors (Lipinski definition) is 6. The highest BCUT2D eigenvalue weighted by molar-refractivity contribution is 6.35. The number of aliphatic carboxylic acids is 1. The van der Waals surface area contributed by atoms with Crippen molar-refractivity contribution in [3.63, 3.8) is 0 Å². The summed E-state index contributed by atoms with van der Waals surface area (Å²) in [5, 5.41) is 10.6. The normalized spacial score (nSPS) is 27.8. The summed E-state index contributed by atoms with van der Waals surface area (Å²) in [7, 11) is 0. The van der Waals surface area contributed by atoms with Crippen LogP contribution in [-0.2, 0) is 9.53 Å². The molecule has 3 fully saturated rings. The second-order valence-electron chi connectivity index (χ2n) is 10.7. The zero-order valence-corrected chi connectivity index (χ0v) is 22.4. The molecule has 0 amide bonds. The first-order valence-electron chi connectivity index (χ1n) is 12.6. The summed E-state index contributed by atoms with van der Waals surface area (Å²) in [6, 6.07) is 7.79. The average molecular weight is 534 g/mol. The Labute approximate surface area is 222 Å². The van der Waals surface area contributed by atoms with Gasteiger partial charge in [-0.2, -0.15) is 0 Å². The van der Waals surface area contributed by atoms with Gasteiger partial charge in [-0.1, -0.05) is 29.3 Å². The lowest BCUT2D eigenvalue weighted by atomic mass is 9.66. The van der Waals surface area contributed by atoms with Crippen LogP contribution >= 0.6 is 23.2 Å². The van der Waals surface area contributed by atoms with Gasteiger partial charge in [0.15, 0.2) is 0 Å². The molecule has 1 aliphatic carbocycles. The molecule has 2 aliphatic heterocycles. The van der Waals surface area contributed by atoms with Gasteiger partial charge >= 0.3 is 5.97 Å². The van der Waals surface area contributed by atoms with E-state index in [4.69, 9.17) is 32.7 Å². The molecule has 3 heterocycles. The van der Waals surface area contributed by atoms with Crippen molar-refractivity contribution in [1.82, 2.24) is 9.88 Å². The minimum atomic E-state index is -0.683. The molecular formula is C27H33Cl2N3O4. The van der Waals surface area contributed by atoms with Crippen molar-refractivity contribution < 1.29 is 19.4 Å². The smallest absolute Gasteiger partial charge is 0.309 e. The van der Waals surface area contributed by atoms with Crippen LogP contribution in [-0.4, -0.2) is 65.9 Å². The van der Waals surface area contributed by atoms with Crippen LogP contribution in [0, 0.1) is 18.3 Å². The Bertz CT molecular complexity index is 1130. The van der Waals surface area contributed by atoms with E-state index in [1.807, 2.05) is 45.2 Å². The van der Waals surface area contributed by atoms with Crippen LogP contribution in [0.3, 0.4) is 0 Å². The first kappa shape index (κ1) is 25.6. The highest BCUT2D eigenvalue weighted by Gasteiger charge is 2.50. The van der Waals surface area contributed by atoms with E-state index in [-0.39, 0.29) is 12.2 Å². The number of morpholine rings is 1. The Hall–Kier alpha value is -2.06. The number of pyridine rings is 1. The van der Waals surface area contributed by atoms with Gasteiger partial charge in [-0.05, 0) is 45.7 Å². The van der Waals surface area contributed by atoms with Gasteiger partial charge in [0, 0.05) is 71.6 Å². The van der Waals surface area contributed by atoms with Crippen LogP contribution in [0.1, 0.15) is 43.9 Å². The van der Waals surface area contributed by atoms with Gasteiger partial charge in [0.05, 0.1) is 18.1 Å². The van der Waals surface area contributed by atoms with Gasteiger partial charge < -0.3 is 19.5 Å². The second-order valence-corrected chi connectivity index (χ2v) is 11.6. The average Bonchev–Trinajstić information content (AvgIpc) is 2.78. The van der Waals surface area contributed by atoms with Gasteiger partial charge in [-0.25, -0.2) is 4.98 Å². The van der Waals surface area contributed by atoms with Crippen LogP contribution in [0.4, 0.5) is 5.82 Å². The molecule has 0 spiro atoms. The summed E-state index contributed by atoms with van der Waals surface area (Å²) in [6.45, 7) is 10.0. The summed E-state index contributed by atoms with van der Waals surface area (Å²) in [6.07, 6.45) is 3.23. The van der Waals surface area contributed by atoms with Gasteiger partial charge in [0.1, 0.15) is 17.7 Å². The SMILES string of the molecule is Cc1cnc(N2CC(C3CN(C4CC(C)(C(=O)O)C4)CCO3)C2)cc1O[C@H](C)c1ccc(Cl)cc1Cl. The number of aromatic nitrogens is 1. The number of hydrogen-bond donors (Lipinski definition) is 1. The minimum absolute atomic E-state index is 0.167. The van der Waals surface area contributed by atoms with E-state index in [9.17, 15) is 9.90 Å². The summed E-state index contributed by atoms with van der Waals surface area (Å²) >= 11 is 12.4. The number of nitrogens with zero attached hydrogens (tertiary/aromatic N) is 3. The van der Waals surface area contributed by atoms with E-state index in [2.05, 4.69) is 14.8 Å². The first-order valence-corrected chi connectivity index (χ1v) is 13.3. The molecule has 2 aromatic rings. The fourth-order valence-electron chi connectivity index (χ4n) is 5.54. The Morgan fingerprint density at radius 2 is 2.00 bits per heavy atom. The number of carboxylic acids is 1. The number of ether oxygens (including phenoxy) is 2. The van der Waals surface area contributed by atoms with Crippen molar-refractivity contribution in [2.75, 3.05) is 37.7 Å². The van der Waals surface area contributed by atoms with Crippen molar-refractivity contribution in [1.29, 1.82) is 0 Å². The molecule has 5 rings (SSSR count). The van der Waals surface area contributed by atoms with Gasteiger partial charge in [-0.3, -0.25) is 9.69 Å². The summed E-state index contributed by atoms with van der Waals surface area (Å²) in [5.41, 5.74) is 1.28. The van der Waals surface area contributed by atoms with Crippen LogP contribution in [0.2, 0.25) is 10.0 Å². The monoisotopic (exact) mass is 533 g/mol. The molecular weight excluding hydrogens is 501 g/mol. The molecule has 2 saturated heterocycles. The Kier molecular flexibility index (Phi) is 7.11. The third-order valence-corrected chi connectivity index (χ3v) is 8.60. The molecule has 1 saturated carbocycles. The van der Waals surface area contributed by atoms with Crippen molar-refractivity contribution in [2.24, 2.45) is 11.3 Å². The number of rotatable bonds is 7. The van der Waals surface area contributed by atoms with Crippen molar-refractivity contribution in [3.8, 4) is 5.75 Å². The predicted molar refractivity (Wildman–Crippen MR) is 140 cm³/mol. The summed E-state index contributed by atoms with van der Waals surface area (Å²) in [5.74, 6) is 1.43. The number of carbonyl (C=O) groups is 1. The molecule has 1 aromatic heterocycles. The Balaban J connectivity index is 1.17. The molecule has 7 nitrogen and oxygen atoms in total. The fourth-order valence-corrected chi connectivity index (χ4v) is 6.10. The number of carboxylic acid groups (broad SMARTS) is 1. The zero-order valence-electron chi connectivity index (χ0n) is 20.9. The van der Waals surface area contributed by atoms with Gasteiger partial charge in [0.25, 0.3) is 0 Å². The molecule has 1 aromatic carbocycles. The maximum absolute atomic E-state index is 11.5. The first-order chi connectivity index (χ1) is 17.1. The van der Waals surface area contributed by atoms with E-state index in [0.717, 1.165) is 61.7 Å². The highest BCUT2D eigenvalue weighted by Crippen LogP contribution is 2.44. The minimum Gasteiger partial charge on any atom is -0.486 e. The number of anilines is 1. The van der Waals surface area contributed by atoms with Crippen molar-refractivity contribution in [3.05, 3.63) is 51.6 Å². The third kappa shape index (κ3) is 5.03. The maximum Gasteiger partial charge on any atom is 0.309 e. The number of benzene rings is 1. The van der Waals surface area contributed by atoms with E-state index in [0.29, 0.717) is 28.6 Å². The largest absolute Gasteiger partial charge is 0.486 e. The van der Waals surface area contributed by atoms with Crippen molar-refractivity contribution >= 4 is 35.0 Å². The van der Waals surface area contributed by atoms with E-state index in [1.54, 1.807) is 6.07 Å². The molecule has 194 valence electrons. The third-order valence-electron chi connectivity index (χ3n) is 8.03. The molecule has 1 N–H and O–H groups in total.